The van der Waals surface area contributed by atoms with Crippen molar-refractivity contribution >= 4 is 33.0 Å². The molecule has 11 heteroatoms. The predicted octanol–water partition coefficient (Wildman–Crippen LogP) is 2.31. The van der Waals surface area contributed by atoms with Crippen LogP contribution in [0, 0.1) is 0 Å². The van der Waals surface area contributed by atoms with Gasteiger partial charge >= 0.3 is 0 Å². The topological polar surface area (TPSA) is 109 Å². The van der Waals surface area contributed by atoms with Crippen LogP contribution in [0.15, 0.2) is 50.5 Å². The summed E-state index contributed by atoms with van der Waals surface area (Å²) in [5.74, 6) is 0.616. The average molecular weight is 462 g/mol. The number of benzene rings is 1. The van der Waals surface area contributed by atoms with Gasteiger partial charge in [0, 0.05) is 55.7 Å². The number of aromatic nitrogens is 2. The summed E-state index contributed by atoms with van der Waals surface area (Å²) in [6.45, 7) is 2.29. The zero-order chi connectivity index (χ0) is 21.8. The van der Waals surface area contributed by atoms with Crippen molar-refractivity contribution in [3.05, 3.63) is 47.0 Å². The summed E-state index contributed by atoms with van der Waals surface area (Å²) in [6, 6.07) is 8.24. The second-order valence-corrected chi connectivity index (χ2v) is 10.0. The molecule has 0 unspecified atom stereocenters. The van der Waals surface area contributed by atoms with Crippen molar-refractivity contribution in [1.82, 2.24) is 19.3 Å². The van der Waals surface area contributed by atoms with Crippen LogP contribution < -0.4 is 5.32 Å². The van der Waals surface area contributed by atoms with Gasteiger partial charge in [0.25, 0.3) is 0 Å². The molecule has 9 nitrogen and oxygen atoms in total. The Morgan fingerprint density at radius 1 is 1.23 bits per heavy atom. The summed E-state index contributed by atoms with van der Waals surface area (Å²) in [6.07, 6.45) is 0.433. The van der Waals surface area contributed by atoms with Gasteiger partial charge in [-0.3, -0.25) is 4.79 Å². The molecule has 1 aliphatic rings. The number of amides is 1. The number of anilines is 1. The van der Waals surface area contributed by atoms with Gasteiger partial charge in [0.05, 0.1) is 4.90 Å². The Hall–Kier alpha value is -2.60. The lowest BCUT2D eigenvalue weighted by atomic mass is 10.2. The number of thiophene rings is 1. The Morgan fingerprint density at radius 3 is 2.77 bits per heavy atom. The molecule has 164 valence electrons. The van der Waals surface area contributed by atoms with Crippen LogP contribution in [0.3, 0.4) is 0 Å². The van der Waals surface area contributed by atoms with Crippen LogP contribution in [0.25, 0.3) is 11.4 Å². The molecule has 1 aliphatic heterocycles. The summed E-state index contributed by atoms with van der Waals surface area (Å²) in [5, 5.41) is 10.5. The molecule has 1 fully saturated rings. The molecule has 3 aromatic rings. The van der Waals surface area contributed by atoms with Gasteiger partial charge in [0.2, 0.25) is 27.6 Å². The third-order valence-electron chi connectivity index (χ3n) is 5.03. The van der Waals surface area contributed by atoms with E-state index in [0.717, 1.165) is 5.56 Å². The van der Waals surface area contributed by atoms with Gasteiger partial charge in [0.15, 0.2) is 0 Å². The molecule has 1 N–H and O–H groups in total. The maximum Gasteiger partial charge on any atom is 0.243 e. The van der Waals surface area contributed by atoms with Crippen molar-refractivity contribution in [2.45, 2.75) is 17.7 Å². The lowest BCUT2D eigenvalue weighted by molar-refractivity contribution is -0.116. The van der Waals surface area contributed by atoms with E-state index in [1.54, 1.807) is 29.5 Å². The second kappa shape index (κ2) is 9.27. The van der Waals surface area contributed by atoms with Gasteiger partial charge < -0.3 is 14.7 Å². The van der Waals surface area contributed by atoms with Gasteiger partial charge in [-0.25, -0.2) is 8.42 Å². The molecule has 3 heterocycles. The molecular formula is C20H23N5O4S2. The molecular weight excluding hydrogens is 438 g/mol. The zero-order valence-electron chi connectivity index (χ0n) is 17.0. The maximum atomic E-state index is 12.9. The normalized spacial score (nSPS) is 15.8. The number of carbonyl (C=O) groups is 1. The van der Waals surface area contributed by atoms with Gasteiger partial charge in [0.1, 0.15) is 0 Å². The minimum absolute atomic E-state index is 0.140. The third-order valence-corrected chi connectivity index (χ3v) is 7.61. The van der Waals surface area contributed by atoms with Gasteiger partial charge in [-0.05, 0) is 36.7 Å². The molecule has 0 bridgehead atoms. The van der Waals surface area contributed by atoms with Crippen LogP contribution in [0.5, 0.6) is 0 Å². The Labute approximate surface area is 184 Å². The van der Waals surface area contributed by atoms with Gasteiger partial charge in [-0.2, -0.15) is 20.6 Å². The van der Waals surface area contributed by atoms with E-state index in [1.165, 1.54) is 10.4 Å². The quantitative estimate of drug-likeness (QED) is 0.575. The molecule has 2 aromatic heterocycles. The largest absolute Gasteiger partial charge is 0.339 e. The first-order valence-electron chi connectivity index (χ1n) is 9.85. The van der Waals surface area contributed by atoms with Crippen LogP contribution in [0.1, 0.15) is 12.3 Å². The fraction of sp³-hybridized carbons (Fsp3) is 0.350. The Morgan fingerprint density at radius 2 is 2.03 bits per heavy atom. The summed E-state index contributed by atoms with van der Waals surface area (Å²) in [5.41, 5.74) is 1.31. The van der Waals surface area contributed by atoms with E-state index < -0.39 is 10.0 Å². The van der Waals surface area contributed by atoms with E-state index in [1.807, 2.05) is 23.9 Å². The zero-order valence-corrected chi connectivity index (χ0v) is 18.7. The minimum atomic E-state index is -3.59. The molecule has 1 aromatic carbocycles. The van der Waals surface area contributed by atoms with Crippen molar-refractivity contribution in [3.8, 4) is 11.4 Å². The van der Waals surface area contributed by atoms with Crippen molar-refractivity contribution < 1.29 is 17.7 Å². The first kappa shape index (κ1) is 21.6. The lowest BCUT2D eigenvalue weighted by Crippen LogP contribution is -2.47. The molecule has 0 spiro atoms. The first-order valence-corrected chi connectivity index (χ1v) is 12.2. The van der Waals surface area contributed by atoms with E-state index >= 15 is 0 Å². The highest BCUT2D eigenvalue weighted by atomic mass is 32.2. The Bertz CT molecular complexity index is 1140. The maximum absolute atomic E-state index is 12.9. The standard InChI is InChI=1S/C20H23N5O4S2/c1-24-8-10-25(11-9-24)31(27,28)17-4-2-3-16(13-17)21-18(26)5-6-19-22-20(23-29-19)15-7-12-30-14-15/h2-4,7,12-14H,5-6,8-11H2,1H3,(H,21,26). The number of rotatable bonds is 7. The molecule has 31 heavy (non-hydrogen) atoms. The minimum Gasteiger partial charge on any atom is -0.339 e. The number of piperazine rings is 1. The van der Waals surface area contributed by atoms with Gasteiger partial charge in [-0.15, -0.1) is 0 Å². The fourth-order valence-electron chi connectivity index (χ4n) is 3.22. The van der Waals surface area contributed by atoms with E-state index in [2.05, 4.69) is 20.4 Å². The van der Waals surface area contributed by atoms with Crippen molar-refractivity contribution in [2.24, 2.45) is 0 Å². The molecule has 0 aliphatic carbocycles. The monoisotopic (exact) mass is 461 g/mol. The molecule has 0 radical (unpaired) electrons. The lowest BCUT2D eigenvalue weighted by Gasteiger charge is -2.31. The van der Waals surface area contributed by atoms with Crippen LogP contribution in [-0.4, -0.2) is 66.9 Å². The van der Waals surface area contributed by atoms with Crippen LogP contribution >= 0.6 is 11.3 Å². The number of likely N-dealkylation sites (N-methyl/N-ethyl adjacent to an activating group) is 1. The molecule has 0 atom stereocenters. The van der Waals surface area contributed by atoms with E-state index in [0.29, 0.717) is 50.0 Å². The van der Waals surface area contributed by atoms with Crippen LogP contribution in [0.2, 0.25) is 0 Å². The first-order chi connectivity index (χ1) is 14.9. The highest BCUT2D eigenvalue weighted by Gasteiger charge is 2.27. The fourth-order valence-corrected chi connectivity index (χ4v) is 5.32. The third kappa shape index (κ3) is 5.18. The van der Waals surface area contributed by atoms with Crippen LogP contribution in [-0.2, 0) is 21.2 Å². The summed E-state index contributed by atoms with van der Waals surface area (Å²) >= 11 is 1.54. The number of sulfonamides is 1. The van der Waals surface area contributed by atoms with Crippen molar-refractivity contribution in [1.29, 1.82) is 0 Å². The second-order valence-electron chi connectivity index (χ2n) is 7.31. The van der Waals surface area contributed by atoms with E-state index in [4.69, 9.17) is 4.52 Å². The number of aryl methyl sites for hydroxylation is 1. The molecule has 1 amide bonds. The number of carbonyl (C=O) groups excluding carboxylic acids is 1. The van der Waals surface area contributed by atoms with Crippen molar-refractivity contribution in [3.63, 3.8) is 0 Å². The molecule has 1 saturated heterocycles. The Balaban J connectivity index is 1.36. The number of nitrogens with zero attached hydrogens (tertiary/aromatic N) is 4. The molecule has 0 saturated carbocycles. The van der Waals surface area contributed by atoms with Gasteiger partial charge in [-0.1, -0.05) is 11.2 Å². The van der Waals surface area contributed by atoms with E-state index in [-0.39, 0.29) is 17.2 Å². The highest BCUT2D eigenvalue weighted by Crippen LogP contribution is 2.22. The van der Waals surface area contributed by atoms with Crippen LogP contribution in [0.4, 0.5) is 5.69 Å². The SMILES string of the molecule is CN1CCN(S(=O)(=O)c2cccc(NC(=O)CCc3nc(-c4ccsc4)no3)c2)CC1. The highest BCUT2D eigenvalue weighted by molar-refractivity contribution is 7.89. The number of hydrogen-bond acceptors (Lipinski definition) is 8. The smallest absolute Gasteiger partial charge is 0.243 e. The Kier molecular flexibility index (Phi) is 6.46. The van der Waals surface area contributed by atoms with E-state index in [9.17, 15) is 13.2 Å². The van der Waals surface area contributed by atoms with Crippen molar-refractivity contribution in [2.75, 3.05) is 38.5 Å². The number of hydrogen-bond donors (Lipinski definition) is 1. The molecule has 4 rings (SSSR count). The number of nitrogens with one attached hydrogen (secondary N) is 1. The summed E-state index contributed by atoms with van der Waals surface area (Å²) in [7, 11) is -1.63. The summed E-state index contributed by atoms with van der Waals surface area (Å²) < 4.78 is 32.5. The predicted molar refractivity (Wildman–Crippen MR) is 117 cm³/mol. The average Bonchev–Trinajstić information content (AvgIpc) is 3.45. The summed E-state index contributed by atoms with van der Waals surface area (Å²) in [4.78, 5) is 18.9.